The van der Waals surface area contributed by atoms with Crippen LogP contribution in [0.5, 0.6) is 5.75 Å². The number of carbonyl (C=O) groups is 1. The van der Waals surface area contributed by atoms with Crippen LogP contribution in [0.3, 0.4) is 0 Å². The fraction of sp³-hybridized carbons (Fsp3) is 0.235. The molecule has 0 amide bonds. The zero-order valence-electron chi connectivity index (χ0n) is 12.3. The third-order valence-electron chi connectivity index (χ3n) is 3.04. The zero-order valence-corrected chi connectivity index (χ0v) is 13.1. The summed E-state index contributed by atoms with van der Waals surface area (Å²) in [4.78, 5) is 12.6. The molecule has 0 aliphatic rings. The van der Waals surface area contributed by atoms with Crippen molar-refractivity contribution in [3.8, 4) is 5.75 Å². The topological polar surface area (TPSA) is 52.3 Å². The monoisotopic (exact) mass is 303 g/mol. The number of halogens is 1. The number of anilines is 1. The molecule has 0 aliphatic carbocycles. The molecule has 2 aromatic rings. The second-order valence-corrected chi connectivity index (χ2v) is 5.62. The maximum atomic E-state index is 12.6. The van der Waals surface area contributed by atoms with Gasteiger partial charge in [-0.15, -0.1) is 0 Å². The molecule has 0 saturated carbocycles. The number of ketones is 1. The Morgan fingerprint density at radius 3 is 2.38 bits per heavy atom. The average Bonchev–Trinajstić information content (AvgIpc) is 2.42. The van der Waals surface area contributed by atoms with E-state index in [9.17, 15) is 4.79 Å². The van der Waals surface area contributed by atoms with Crippen LogP contribution in [0.4, 0.5) is 5.69 Å². The van der Waals surface area contributed by atoms with Gasteiger partial charge in [-0.2, -0.15) is 0 Å². The van der Waals surface area contributed by atoms with E-state index in [1.165, 1.54) is 0 Å². The molecular formula is C17H18ClNO2. The van der Waals surface area contributed by atoms with E-state index in [1.54, 1.807) is 36.4 Å². The van der Waals surface area contributed by atoms with Crippen LogP contribution in [-0.2, 0) is 0 Å². The van der Waals surface area contributed by atoms with Crippen molar-refractivity contribution in [2.24, 2.45) is 0 Å². The molecule has 0 aliphatic heterocycles. The summed E-state index contributed by atoms with van der Waals surface area (Å²) in [6.07, 6.45) is -0.0245. The molecule has 0 atom stereocenters. The first-order valence-electron chi connectivity index (χ1n) is 6.75. The van der Waals surface area contributed by atoms with E-state index in [2.05, 4.69) is 0 Å². The Bertz CT molecular complexity index is 663. The highest BCUT2D eigenvalue weighted by Crippen LogP contribution is 2.29. The van der Waals surface area contributed by atoms with Crippen molar-refractivity contribution in [2.75, 3.05) is 5.73 Å². The lowest BCUT2D eigenvalue weighted by atomic mass is 10.0. The number of hydrogen-bond donors (Lipinski definition) is 1. The van der Waals surface area contributed by atoms with Gasteiger partial charge in [-0.1, -0.05) is 11.6 Å². The Hall–Kier alpha value is -2.00. The maximum Gasteiger partial charge on any atom is 0.196 e. The number of carbonyl (C=O) groups excluding carboxylic acids is 1. The van der Waals surface area contributed by atoms with Gasteiger partial charge < -0.3 is 10.5 Å². The summed E-state index contributed by atoms with van der Waals surface area (Å²) in [6.45, 7) is 5.72. The average molecular weight is 304 g/mol. The van der Waals surface area contributed by atoms with E-state index in [4.69, 9.17) is 22.1 Å². The summed E-state index contributed by atoms with van der Waals surface area (Å²) in [7, 11) is 0. The molecule has 21 heavy (non-hydrogen) atoms. The van der Waals surface area contributed by atoms with Crippen LogP contribution in [0, 0.1) is 6.92 Å². The first kappa shape index (κ1) is 15.4. The Morgan fingerprint density at radius 1 is 1.19 bits per heavy atom. The van der Waals surface area contributed by atoms with Crippen molar-refractivity contribution in [3.63, 3.8) is 0 Å². The Balaban J connectivity index is 2.48. The summed E-state index contributed by atoms with van der Waals surface area (Å²) in [5, 5.41) is 0.546. The highest BCUT2D eigenvalue weighted by Gasteiger charge is 2.17. The Morgan fingerprint density at radius 2 is 1.81 bits per heavy atom. The third kappa shape index (κ3) is 3.56. The van der Waals surface area contributed by atoms with Gasteiger partial charge in [-0.25, -0.2) is 0 Å². The largest absolute Gasteiger partial charge is 0.490 e. The van der Waals surface area contributed by atoms with Gasteiger partial charge in [0, 0.05) is 16.3 Å². The molecule has 110 valence electrons. The first-order valence-corrected chi connectivity index (χ1v) is 7.13. The Kier molecular flexibility index (Phi) is 4.53. The summed E-state index contributed by atoms with van der Waals surface area (Å²) in [6, 6.07) is 10.3. The van der Waals surface area contributed by atoms with Gasteiger partial charge in [0.05, 0.1) is 11.7 Å². The molecule has 0 bridgehead atoms. The summed E-state index contributed by atoms with van der Waals surface area (Å²) in [5.41, 5.74) is 8.16. The summed E-state index contributed by atoms with van der Waals surface area (Å²) >= 11 is 6.15. The fourth-order valence-corrected chi connectivity index (χ4v) is 2.14. The number of benzene rings is 2. The summed E-state index contributed by atoms with van der Waals surface area (Å²) in [5.74, 6) is 0.418. The molecular weight excluding hydrogens is 286 g/mol. The molecule has 0 aromatic heterocycles. The zero-order chi connectivity index (χ0) is 15.6. The molecule has 0 fully saturated rings. The predicted molar refractivity (Wildman–Crippen MR) is 86.2 cm³/mol. The van der Waals surface area contributed by atoms with Gasteiger partial charge in [0.2, 0.25) is 0 Å². The fourth-order valence-electron chi connectivity index (χ4n) is 1.97. The van der Waals surface area contributed by atoms with E-state index in [-0.39, 0.29) is 11.9 Å². The van der Waals surface area contributed by atoms with Gasteiger partial charge in [0.25, 0.3) is 0 Å². The quantitative estimate of drug-likeness (QED) is 0.678. The van der Waals surface area contributed by atoms with Crippen molar-refractivity contribution >= 4 is 23.1 Å². The van der Waals surface area contributed by atoms with Crippen molar-refractivity contribution in [1.29, 1.82) is 0 Å². The molecule has 0 heterocycles. The lowest BCUT2D eigenvalue weighted by molar-refractivity contribution is 0.103. The molecule has 0 unspecified atom stereocenters. The van der Waals surface area contributed by atoms with E-state index in [0.29, 0.717) is 27.6 Å². The van der Waals surface area contributed by atoms with Crippen LogP contribution >= 0.6 is 11.6 Å². The SMILES string of the molecule is Cc1cc(OC(C)C)c(C(=O)c2ccc(N)cc2)cc1Cl. The lowest BCUT2D eigenvalue weighted by Gasteiger charge is -2.15. The van der Waals surface area contributed by atoms with Crippen LogP contribution in [0.1, 0.15) is 35.3 Å². The Labute approximate surface area is 129 Å². The van der Waals surface area contributed by atoms with Gasteiger partial charge in [0.1, 0.15) is 5.75 Å². The second kappa shape index (κ2) is 6.19. The second-order valence-electron chi connectivity index (χ2n) is 5.22. The van der Waals surface area contributed by atoms with Crippen LogP contribution in [0.15, 0.2) is 36.4 Å². The maximum absolute atomic E-state index is 12.6. The minimum atomic E-state index is -0.132. The molecule has 2 aromatic carbocycles. The number of ether oxygens (including phenoxy) is 1. The first-order chi connectivity index (χ1) is 9.88. The molecule has 3 nitrogen and oxygen atoms in total. The van der Waals surface area contributed by atoms with Crippen molar-refractivity contribution in [3.05, 3.63) is 58.1 Å². The lowest BCUT2D eigenvalue weighted by Crippen LogP contribution is -2.11. The standard InChI is InChI=1S/C17H18ClNO2/c1-10(2)21-16-8-11(3)15(18)9-14(16)17(20)12-4-6-13(19)7-5-12/h4-10H,19H2,1-3H3. The third-order valence-corrected chi connectivity index (χ3v) is 3.45. The number of aryl methyl sites for hydroxylation is 1. The van der Waals surface area contributed by atoms with Crippen LogP contribution in [0.25, 0.3) is 0 Å². The predicted octanol–water partition coefficient (Wildman–Crippen LogP) is 4.25. The number of rotatable bonds is 4. The molecule has 2 N–H and O–H groups in total. The smallest absolute Gasteiger partial charge is 0.196 e. The van der Waals surface area contributed by atoms with Crippen LogP contribution < -0.4 is 10.5 Å². The molecule has 0 spiro atoms. The van der Waals surface area contributed by atoms with Gasteiger partial charge in [-0.3, -0.25) is 4.79 Å². The van der Waals surface area contributed by atoms with E-state index in [1.807, 2.05) is 20.8 Å². The normalized spacial score (nSPS) is 10.7. The van der Waals surface area contributed by atoms with Crippen molar-refractivity contribution in [2.45, 2.75) is 26.9 Å². The van der Waals surface area contributed by atoms with E-state index >= 15 is 0 Å². The van der Waals surface area contributed by atoms with E-state index in [0.717, 1.165) is 5.56 Å². The number of nitrogens with two attached hydrogens (primary N) is 1. The molecule has 4 heteroatoms. The number of hydrogen-bond acceptors (Lipinski definition) is 3. The van der Waals surface area contributed by atoms with E-state index < -0.39 is 0 Å². The highest BCUT2D eigenvalue weighted by molar-refractivity contribution is 6.32. The van der Waals surface area contributed by atoms with Crippen LogP contribution in [-0.4, -0.2) is 11.9 Å². The minimum Gasteiger partial charge on any atom is -0.490 e. The minimum absolute atomic E-state index is 0.0245. The van der Waals surface area contributed by atoms with Gasteiger partial charge >= 0.3 is 0 Å². The van der Waals surface area contributed by atoms with Crippen LogP contribution in [0.2, 0.25) is 5.02 Å². The molecule has 0 saturated heterocycles. The van der Waals surface area contributed by atoms with Gasteiger partial charge in [-0.05, 0) is 62.7 Å². The van der Waals surface area contributed by atoms with Crippen molar-refractivity contribution in [1.82, 2.24) is 0 Å². The molecule has 0 radical (unpaired) electrons. The van der Waals surface area contributed by atoms with Crippen molar-refractivity contribution < 1.29 is 9.53 Å². The highest BCUT2D eigenvalue weighted by atomic mass is 35.5. The van der Waals surface area contributed by atoms with Gasteiger partial charge in [0.15, 0.2) is 5.78 Å². The molecule has 2 rings (SSSR count). The summed E-state index contributed by atoms with van der Waals surface area (Å²) < 4.78 is 5.74. The number of nitrogen functional groups attached to an aromatic ring is 1.